The van der Waals surface area contributed by atoms with E-state index in [2.05, 4.69) is 17.6 Å². The Morgan fingerprint density at radius 1 is 1.86 bits per heavy atom. The summed E-state index contributed by atoms with van der Waals surface area (Å²) in [4.78, 5) is 3.74. The van der Waals surface area contributed by atoms with E-state index in [1.165, 1.54) is 11.3 Å². The molecule has 0 atom stereocenters. The molecule has 2 N–H and O–H groups in total. The van der Waals surface area contributed by atoms with Crippen LogP contribution in [-0.2, 0) is 0 Å². The quantitative estimate of drug-likeness (QED) is 0.517. The van der Waals surface area contributed by atoms with Gasteiger partial charge >= 0.3 is 0 Å². The minimum atomic E-state index is 0.522. The van der Waals surface area contributed by atoms with Crippen molar-refractivity contribution in [1.82, 2.24) is 4.98 Å². The van der Waals surface area contributed by atoms with Gasteiger partial charge in [0.25, 0.3) is 0 Å². The minimum absolute atomic E-state index is 0.522. The molecule has 0 amide bonds. The predicted molar refractivity (Wildman–Crippen MR) is 33.8 cm³/mol. The fourth-order valence-corrected chi connectivity index (χ4v) is 0.887. The first-order valence-corrected chi connectivity index (χ1v) is 3.01. The van der Waals surface area contributed by atoms with Crippen LogP contribution in [0.2, 0.25) is 0 Å². The van der Waals surface area contributed by atoms with Crippen molar-refractivity contribution in [3.63, 3.8) is 0 Å². The van der Waals surface area contributed by atoms with Crippen molar-refractivity contribution >= 4 is 29.8 Å². The number of hydrogen-bond acceptors (Lipinski definition) is 4. The third-order valence-corrected chi connectivity index (χ3v) is 1.76. The zero-order valence-corrected chi connectivity index (χ0v) is 5.17. The average molecular weight is 132 g/mol. The molecule has 38 valence electrons. The molecule has 1 aromatic rings. The number of thiazole rings is 1. The van der Waals surface area contributed by atoms with E-state index in [-0.39, 0.29) is 0 Å². The molecule has 0 fully saturated rings. The van der Waals surface area contributed by atoms with Gasteiger partial charge in [-0.3, -0.25) is 0 Å². The molecule has 2 nitrogen and oxygen atoms in total. The van der Waals surface area contributed by atoms with E-state index in [0.717, 1.165) is 4.21 Å². The summed E-state index contributed by atoms with van der Waals surface area (Å²) in [6.45, 7) is 0. The second kappa shape index (κ2) is 1.71. The monoisotopic (exact) mass is 132 g/mol. The summed E-state index contributed by atoms with van der Waals surface area (Å²) in [7, 11) is 0. The fourth-order valence-electron chi connectivity index (χ4n) is 0.249. The molecular weight excluding hydrogens is 128 g/mol. The SMILES string of the molecule is Nc1ncsc1S. The highest BCUT2D eigenvalue weighted by atomic mass is 32.2. The summed E-state index contributed by atoms with van der Waals surface area (Å²) < 4.78 is 0.792. The van der Waals surface area contributed by atoms with E-state index in [0.29, 0.717) is 5.82 Å². The van der Waals surface area contributed by atoms with E-state index in [4.69, 9.17) is 5.73 Å². The Labute approximate surface area is 50.8 Å². The second-order valence-corrected chi connectivity index (χ2v) is 2.65. The Bertz CT molecular complexity index is 143. The first-order chi connectivity index (χ1) is 3.30. The van der Waals surface area contributed by atoms with Crippen molar-refractivity contribution < 1.29 is 0 Å². The zero-order valence-electron chi connectivity index (χ0n) is 3.46. The number of nitrogen functional groups attached to an aromatic ring is 1. The van der Waals surface area contributed by atoms with E-state index in [1.807, 2.05) is 0 Å². The van der Waals surface area contributed by atoms with Crippen molar-refractivity contribution in [2.75, 3.05) is 5.73 Å². The maximum Gasteiger partial charge on any atom is 0.148 e. The van der Waals surface area contributed by atoms with Gasteiger partial charge < -0.3 is 5.73 Å². The molecule has 0 radical (unpaired) electrons. The van der Waals surface area contributed by atoms with Crippen LogP contribution in [0, 0.1) is 0 Å². The van der Waals surface area contributed by atoms with Crippen LogP contribution in [0.15, 0.2) is 9.72 Å². The molecular formula is C3H4N2S2. The molecule has 7 heavy (non-hydrogen) atoms. The van der Waals surface area contributed by atoms with Gasteiger partial charge in [-0.05, 0) is 0 Å². The van der Waals surface area contributed by atoms with Crippen LogP contribution in [-0.4, -0.2) is 4.98 Å². The van der Waals surface area contributed by atoms with Crippen molar-refractivity contribution in [3.05, 3.63) is 5.51 Å². The van der Waals surface area contributed by atoms with Crippen LogP contribution < -0.4 is 5.73 Å². The van der Waals surface area contributed by atoms with E-state index in [1.54, 1.807) is 5.51 Å². The van der Waals surface area contributed by atoms with E-state index < -0.39 is 0 Å². The summed E-state index contributed by atoms with van der Waals surface area (Å²) in [5.74, 6) is 0.522. The normalized spacial score (nSPS) is 9.29. The summed E-state index contributed by atoms with van der Waals surface area (Å²) in [6.07, 6.45) is 0. The number of anilines is 1. The van der Waals surface area contributed by atoms with Crippen molar-refractivity contribution in [1.29, 1.82) is 0 Å². The number of rotatable bonds is 0. The Kier molecular flexibility index (Phi) is 1.21. The highest BCUT2D eigenvalue weighted by Gasteiger charge is 1.91. The molecule has 1 rings (SSSR count). The molecule has 1 heterocycles. The molecule has 0 aliphatic carbocycles. The molecule has 0 aliphatic heterocycles. The highest BCUT2D eigenvalue weighted by molar-refractivity contribution is 7.83. The van der Waals surface area contributed by atoms with Gasteiger partial charge in [0.15, 0.2) is 0 Å². The Hall–Kier alpha value is -0.220. The maximum atomic E-state index is 5.26. The predicted octanol–water partition coefficient (Wildman–Crippen LogP) is 1.01. The van der Waals surface area contributed by atoms with Gasteiger partial charge in [-0.15, -0.1) is 24.0 Å². The number of thiol groups is 1. The molecule has 0 saturated heterocycles. The van der Waals surface area contributed by atoms with Gasteiger partial charge in [0.1, 0.15) is 10.0 Å². The summed E-state index contributed by atoms with van der Waals surface area (Å²) in [6, 6.07) is 0. The summed E-state index contributed by atoms with van der Waals surface area (Å²) in [5.41, 5.74) is 6.93. The molecule has 0 unspecified atom stereocenters. The molecule has 4 heteroatoms. The largest absolute Gasteiger partial charge is 0.382 e. The van der Waals surface area contributed by atoms with Crippen molar-refractivity contribution in [2.24, 2.45) is 0 Å². The zero-order chi connectivity index (χ0) is 5.28. The summed E-state index contributed by atoms with van der Waals surface area (Å²) >= 11 is 5.41. The van der Waals surface area contributed by atoms with Gasteiger partial charge in [-0.25, -0.2) is 4.98 Å². The molecule has 0 aliphatic rings. The number of nitrogens with zero attached hydrogens (tertiary/aromatic N) is 1. The van der Waals surface area contributed by atoms with Crippen LogP contribution in [0.3, 0.4) is 0 Å². The van der Waals surface area contributed by atoms with Crippen LogP contribution in [0.25, 0.3) is 0 Å². The van der Waals surface area contributed by atoms with Crippen LogP contribution in [0.5, 0.6) is 0 Å². The Balaban J connectivity index is 3.12. The first-order valence-electron chi connectivity index (χ1n) is 1.68. The first kappa shape index (κ1) is 4.93. The number of hydrogen-bond donors (Lipinski definition) is 2. The Morgan fingerprint density at radius 2 is 2.57 bits per heavy atom. The van der Waals surface area contributed by atoms with Crippen molar-refractivity contribution in [3.8, 4) is 0 Å². The average Bonchev–Trinajstić information content (AvgIpc) is 1.91. The van der Waals surface area contributed by atoms with E-state index in [9.17, 15) is 0 Å². The molecule has 0 spiro atoms. The van der Waals surface area contributed by atoms with Crippen LogP contribution >= 0.6 is 24.0 Å². The topological polar surface area (TPSA) is 38.9 Å². The highest BCUT2D eigenvalue weighted by Crippen LogP contribution is 2.18. The maximum absolute atomic E-state index is 5.26. The Morgan fingerprint density at radius 3 is 2.71 bits per heavy atom. The van der Waals surface area contributed by atoms with Gasteiger partial charge in [0, 0.05) is 0 Å². The molecule has 0 saturated carbocycles. The van der Waals surface area contributed by atoms with Crippen molar-refractivity contribution in [2.45, 2.75) is 4.21 Å². The van der Waals surface area contributed by atoms with Gasteiger partial charge in [-0.2, -0.15) is 0 Å². The standard InChI is InChI=1S/C3H4N2S2/c4-2-3(6)7-1-5-2/h1,6H,4H2. The fraction of sp³-hybridized carbons (Fsp3) is 0. The lowest BCUT2D eigenvalue weighted by Gasteiger charge is -1.77. The lowest BCUT2D eigenvalue weighted by molar-refractivity contribution is 1.39. The number of nitrogens with two attached hydrogens (primary N) is 1. The molecule has 1 aromatic heterocycles. The molecule has 0 aromatic carbocycles. The lowest BCUT2D eigenvalue weighted by atomic mass is 10.8. The molecule has 0 bridgehead atoms. The van der Waals surface area contributed by atoms with Crippen LogP contribution in [0.4, 0.5) is 5.82 Å². The van der Waals surface area contributed by atoms with Crippen LogP contribution in [0.1, 0.15) is 0 Å². The minimum Gasteiger partial charge on any atom is -0.382 e. The smallest absolute Gasteiger partial charge is 0.148 e. The third-order valence-electron chi connectivity index (χ3n) is 0.575. The third kappa shape index (κ3) is 0.863. The van der Waals surface area contributed by atoms with Gasteiger partial charge in [-0.1, -0.05) is 0 Å². The van der Waals surface area contributed by atoms with Gasteiger partial charge in [0.05, 0.1) is 5.51 Å². The number of aromatic nitrogens is 1. The van der Waals surface area contributed by atoms with Gasteiger partial charge in [0.2, 0.25) is 0 Å². The second-order valence-electron chi connectivity index (χ2n) is 1.04. The summed E-state index contributed by atoms with van der Waals surface area (Å²) in [5, 5.41) is 0. The van der Waals surface area contributed by atoms with E-state index >= 15 is 0 Å². The lowest BCUT2D eigenvalue weighted by Crippen LogP contribution is -1.82.